The van der Waals surface area contributed by atoms with Gasteiger partial charge in [-0.05, 0) is 17.7 Å². The molecule has 1 aromatic carbocycles. The summed E-state index contributed by atoms with van der Waals surface area (Å²) in [6.07, 6.45) is -0.327. The Bertz CT molecular complexity index is 355. The summed E-state index contributed by atoms with van der Waals surface area (Å²) in [5.74, 6) is -3.10. The van der Waals surface area contributed by atoms with Crippen LogP contribution in [0, 0.1) is 11.6 Å². The molecule has 1 N–H and O–H groups in total. The molecule has 0 amide bonds. The molecule has 0 spiro atoms. The van der Waals surface area contributed by atoms with E-state index < -0.39 is 23.0 Å². The lowest BCUT2D eigenvalue weighted by Crippen LogP contribution is -2.01. The first-order valence-electron chi connectivity index (χ1n) is 3.81. The van der Waals surface area contributed by atoms with Crippen LogP contribution in [0.4, 0.5) is 8.78 Å². The van der Waals surface area contributed by atoms with E-state index in [-0.39, 0.29) is 12.0 Å². The maximum Gasteiger partial charge on any atom is 0.305 e. The summed E-state index contributed by atoms with van der Waals surface area (Å²) in [6, 6.07) is 3.08. The van der Waals surface area contributed by atoms with Crippen molar-refractivity contribution in [3.63, 3.8) is 0 Å². The van der Waals surface area contributed by atoms with E-state index in [9.17, 15) is 13.6 Å². The molecule has 1 unspecified atom stereocenters. The van der Waals surface area contributed by atoms with E-state index in [1.807, 2.05) is 0 Å². The van der Waals surface area contributed by atoms with Crippen molar-refractivity contribution in [2.45, 2.75) is 11.8 Å². The first-order valence-corrected chi connectivity index (χ1v) is 4.25. The minimum absolute atomic E-state index is 0.257. The van der Waals surface area contributed by atoms with Gasteiger partial charge in [0.15, 0.2) is 11.6 Å². The molecular weight excluding hydrogens is 214 g/mol. The van der Waals surface area contributed by atoms with E-state index in [2.05, 4.69) is 0 Å². The zero-order chi connectivity index (χ0) is 10.7. The van der Waals surface area contributed by atoms with Gasteiger partial charge in [-0.2, -0.15) is 0 Å². The third-order valence-corrected chi connectivity index (χ3v) is 2.07. The van der Waals surface area contributed by atoms with Crippen molar-refractivity contribution >= 4 is 17.6 Å². The maximum absolute atomic E-state index is 12.7. The molecule has 0 fully saturated rings. The third kappa shape index (κ3) is 2.67. The van der Waals surface area contributed by atoms with Crippen molar-refractivity contribution in [1.29, 1.82) is 0 Å². The molecule has 0 aliphatic rings. The number of carboxylic acids is 1. The Morgan fingerprint density at radius 3 is 2.57 bits per heavy atom. The van der Waals surface area contributed by atoms with Crippen LogP contribution in [0.3, 0.4) is 0 Å². The third-order valence-electron chi connectivity index (χ3n) is 1.66. The monoisotopic (exact) mass is 220 g/mol. The molecule has 1 rings (SSSR count). The Kier molecular flexibility index (Phi) is 3.41. The van der Waals surface area contributed by atoms with E-state index in [1.54, 1.807) is 0 Å². The molecule has 76 valence electrons. The van der Waals surface area contributed by atoms with Gasteiger partial charge in [0, 0.05) is 0 Å². The first kappa shape index (κ1) is 10.9. The Labute approximate surface area is 84.1 Å². The zero-order valence-corrected chi connectivity index (χ0v) is 7.76. The molecule has 14 heavy (non-hydrogen) atoms. The number of hydrogen-bond donors (Lipinski definition) is 1. The molecule has 0 bridgehead atoms. The molecule has 0 saturated heterocycles. The van der Waals surface area contributed by atoms with Crippen LogP contribution in [-0.4, -0.2) is 11.1 Å². The SMILES string of the molecule is O=C(O)CC(Cl)c1ccc(F)c(F)c1. The number of carbonyl (C=O) groups is 1. The summed E-state index contributed by atoms with van der Waals surface area (Å²) in [6.45, 7) is 0. The van der Waals surface area contributed by atoms with Crippen LogP contribution < -0.4 is 0 Å². The highest BCUT2D eigenvalue weighted by Gasteiger charge is 2.14. The fraction of sp³-hybridized carbons (Fsp3) is 0.222. The topological polar surface area (TPSA) is 37.3 Å². The molecule has 5 heteroatoms. The summed E-state index contributed by atoms with van der Waals surface area (Å²) in [5.41, 5.74) is 0.257. The number of hydrogen-bond acceptors (Lipinski definition) is 1. The highest BCUT2D eigenvalue weighted by molar-refractivity contribution is 6.21. The fourth-order valence-corrected chi connectivity index (χ4v) is 1.25. The quantitative estimate of drug-likeness (QED) is 0.796. The van der Waals surface area contributed by atoms with Gasteiger partial charge in [0.1, 0.15) is 0 Å². The molecular formula is C9H7ClF2O2. The second-order valence-electron chi connectivity index (χ2n) is 2.74. The van der Waals surface area contributed by atoms with Crippen molar-refractivity contribution < 1.29 is 18.7 Å². The molecule has 1 atom stereocenters. The van der Waals surface area contributed by atoms with Crippen molar-refractivity contribution in [3.8, 4) is 0 Å². The minimum Gasteiger partial charge on any atom is -0.481 e. The normalized spacial score (nSPS) is 12.5. The lowest BCUT2D eigenvalue weighted by Gasteiger charge is -2.06. The average Bonchev–Trinajstić information content (AvgIpc) is 2.08. The van der Waals surface area contributed by atoms with Gasteiger partial charge >= 0.3 is 5.97 Å². The van der Waals surface area contributed by atoms with Crippen LogP contribution in [0.15, 0.2) is 18.2 Å². The molecule has 0 saturated carbocycles. The number of rotatable bonds is 3. The Morgan fingerprint density at radius 1 is 1.43 bits per heavy atom. The lowest BCUT2D eigenvalue weighted by atomic mass is 10.1. The maximum atomic E-state index is 12.7. The smallest absolute Gasteiger partial charge is 0.305 e. The average molecular weight is 221 g/mol. The Hall–Kier alpha value is -1.16. The van der Waals surface area contributed by atoms with Gasteiger partial charge in [-0.25, -0.2) is 8.78 Å². The second kappa shape index (κ2) is 4.37. The molecule has 0 aliphatic carbocycles. The summed E-state index contributed by atoms with van der Waals surface area (Å²) in [4.78, 5) is 10.3. The molecule has 0 aromatic heterocycles. The molecule has 2 nitrogen and oxygen atoms in total. The number of aliphatic carboxylic acids is 1. The summed E-state index contributed by atoms with van der Waals surface area (Å²) in [7, 11) is 0. The van der Waals surface area contributed by atoms with Gasteiger partial charge in [-0.3, -0.25) is 4.79 Å². The van der Waals surface area contributed by atoms with Crippen LogP contribution in [0.25, 0.3) is 0 Å². The van der Waals surface area contributed by atoms with Crippen LogP contribution in [-0.2, 0) is 4.79 Å². The minimum atomic E-state index is -1.09. The van der Waals surface area contributed by atoms with E-state index in [1.165, 1.54) is 6.07 Å². The van der Waals surface area contributed by atoms with Crippen molar-refractivity contribution in [2.75, 3.05) is 0 Å². The highest BCUT2D eigenvalue weighted by Crippen LogP contribution is 2.25. The largest absolute Gasteiger partial charge is 0.481 e. The van der Waals surface area contributed by atoms with Gasteiger partial charge in [0.2, 0.25) is 0 Å². The van der Waals surface area contributed by atoms with Crippen molar-refractivity contribution in [3.05, 3.63) is 35.4 Å². The molecule has 0 heterocycles. The summed E-state index contributed by atoms with van der Waals surface area (Å²) >= 11 is 5.66. The van der Waals surface area contributed by atoms with E-state index in [0.717, 1.165) is 12.1 Å². The predicted molar refractivity (Wildman–Crippen MR) is 47.2 cm³/mol. The fourth-order valence-electron chi connectivity index (χ4n) is 0.978. The van der Waals surface area contributed by atoms with E-state index in [0.29, 0.717) is 0 Å². The van der Waals surface area contributed by atoms with E-state index >= 15 is 0 Å². The zero-order valence-electron chi connectivity index (χ0n) is 7.01. The van der Waals surface area contributed by atoms with Gasteiger partial charge in [0.25, 0.3) is 0 Å². The second-order valence-corrected chi connectivity index (χ2v) is 3.27. The predicted octanol–water partition coefficient (Wildman–Crippen LogP) is 2.72. The van der Waals surface area contributed by atoms with Gasteiger partial charge in [0.05, 0.1) is 11.8 Å². The van der Waals surface area contributed by atoms with E-state index in [4.69, 9.17) is 16.7 Å². The summed E-state index contributed by atoms with van der Waals surface area (Å²) < 4.78 is 25.2. The number of carboxylic acid groups (broad SMARTS) is 1. The first-order chi connectivity index (χ1) is 6.50. The Balaban J connectivity index is 2.85. The Morgan fingerprint density at radius 2 is 2.07 bits per heavy atom. The molecule has 0 radical (unpaired) electrons. The van der Waals surface area contributed by atoms with Crippen molar-refractivity contribution in [2.24, 2.45) is 0 Å². The van der Waals surface area contributed by atoms with Crippen LogP contribution in [0.5, 0.6) is 0 Å². The molecule has 1 aromatic rings. The van der Waals surface area contributed by atoms with Crippen LogP contribution in [0.2, 0.25) is 0 Å². The summed E-state index contributed by atoms with van der Waals surface area (Å²) in [5, 5.41) is 7.57. The number of alkyl halides is 1. The van der Waals surface area contributed by atoms with Crippen LogP contribution in [0.1, 0.15) is 17.4 Å². The highest BCUT2D eigenvalue weighted by atomic mass is 35.5. The van der Waals surface area contributed by atoms with Gasteiger partial charge in [-0.15, -0.1) is 11.6 Å². The van der Waals surface area contributed by atoms with Crippen LogP contribution >= 0.6 is 11.6 Å². The molecule has 0 aliphatic heterocycles. The standard InChI is InChI=1S/C9H7ClF2O2/c10-6(4-9(13)14)5-1-2-7(11)8(12)3-5/h1-3,6H,4H2,(H,13,14). The van der Waals surface area contributed by atoms with Gasteiger partial charge in [-0.1, -0.05) is 6.07 Å². The number of halogens is 3. The lowest BCUT2D eigenvalue weighted by molar-refractivity contribution is -0.137. The van der Waals surface area contributed by atoms with Gasteiger partial charge < -0.3 is 5.11 Å². The van der Waals surface area contributed by atoms with Crippen molar-refractivity contribution in [1.82, 2.24) is 0 Å². The number of benzene rings is 1.